The van der Waals surface area contributed by atoms with Gasteiger partial charge in [-0.25, -0.2) is 13.8 Å². The molecule has 24 heavy (non-hydrogen) atoms. The summed E-state index contributed by atoms with van der Waals surface area (Å²) < 4.78 is 27.9. The molecule has 4 rings (SSSR count). The number of benzene rings is 2. The van der Waals surface area contributed by atoms with E-state index in [4.69, 9.17) is 0 Å². The first-order valence-corrected chi connectivity index (χ1v) is 8.45. The smallest absolute Gasteiger partial charge is 0.232 e. The predicted octanol–water partition coefficient (Wildman–Crippen LogP) is 4.71. The molecule has 0 bridgehead atoms. The van der Waals surface area contributed by atoms with Crippen molar-refractivity contribution in [1.82, 2.24) is 4.98 Å². The predicted molar refractivity (Wildman–Crippen MR) is 91.4 cm³/mol. The largest absolute Gasteiger partial charge is 0.302 e. The van der Waals surface area contributed by atoms with Gasteiger partial charge in [-0.3, -0.25) is 4.79 Å². The van der Waals surface area contributed by atoms with Crippen LogP contribution in [-0.2, 0) is 4.79 Å². The average molecular weight is 344 g/mol. The van der Waals surface area contributed by atoms with Crippen molar-refractivity contribution < 1.29 is 13.6 Å². The standard InChI is InChI=1S/C18H14F2N2OS/c1-9-3-2-4-12(19)16(9)10-5-6-14-15(7-10)24-18(21-14)22-17(23)11-8-13(11)20/h2-7,11,13H,8H2,1H3,(H,21,22,23)/t11-,13?/m1/s1. The van der Waals surface area contributed by atoms with Crippen LogP contribution in [0.5, 0.6) is 0 Å². The Morgan fingerprint density at radius 2 is 2.12 bits per heavy atom. The molecule has 0 radical (unpaired) electrons. The SMILES string of the molecule is Cc1cccc(F)c1-c1ccc2nc(NC(=O)[C@@H]3CC3F)sc2c1. The third-order valence-electron chi connectivity index (χ3n) is 4.18. The Balaban J connectivity index is 1.67. The number of rotatable bonds is 3. The second-order valence-corrected chi connectivity index (χ2v) is 7.01. The van der Waals surface area contributed by atoms with Gasteiger partial charge in [-0.2, -0.15) is 0 Å². The number of carbonyl (C=O) groups is 1. The number of halogens is 2. The van der Waals surface area contributed by atoms with Gasteiger partial charge in [0.25, 0.3) is 0 Å². The van der Waals surface area contributed by atoms with Crippen molar-refractivity contribution >= 4 is 32.6 Å². The maximum Gasteiger partial charge on any atom is 0.232 e. The van der Waals surface area contributed by atoms with Gasteiger partial charge < -0.3 is 5.32 Å². The van der Waals surface area contributed by atoms with Gasteiger partial charge >= 0.3 is 0 Å². The Morgan fingerprint density at radius 3 is 2.83 bits per heavy atom. The molecule has 1 fully saturated rings. The van der Waals surface area contributed by atoms with E-state index >= 15 is 0 Å². The number of hydrogen-bond donors (Lipinski definition) is 1. The molecule has 3 nitrogen and oxygen atoms in total. The van der Waals surface area contributed by atoms with Crippen molar-refractivity contribution in [3.63, 3.8) is 0 Å². The lowest BCUT2D eigenvalue weighted by Crippen LogP contribution is -2.14. The first-order chi connectivity index (χ1) is 11.5. The Bertz CT molecular complexity index is 933. The van der Waals surface area contributed by atoms with E-state index in [1.54, 1.807) is 12.1 Å². The van der Waals surface area contributed by atoms with E-state index in [9.17, 15) is 13.6 Å². The van der Waals surface area contributed by atoms with Crippen LogP contribution in [0, 0.1) is 18.7 Å². The number of nitrogens with one attached hydrogen (secondary N) is 1. The minimum absolute atomic E-state index is 0.268. The van der Waals surface area contributed by atoms with Gasteiger partial charge in [0.15, 0.2) is 5.13 Å². The van der Waals surface area contributed by atoms with Gasteiger partial charge in [0.2, 0.25) is 5.91 Å². The number of anilines is 1. The van der Waals surface area contributed by atoms with Crippen LogP contribution in [0.2, 0.25) is 0 Å². The summed E-state index contributed by atoms with van der Waals surface area (Å²) in [7, 11) is 0. The number of aryl methyl sites for hydroxylation is 1. The number of amides is 1. The fraction of sp³-hybridized carbons (Fsp3) is 0.222. The molecule has 1 unspecified atom stereocenters. The van der Waals surface area contributed by atoms with Crippen molar-refractivity contribution in [3.05, 3.63) is 47.8 Å². The van der Waals surface area contributed by atoms with Crippen molar-refractivity contribution in [2.45, 2.75) is 19.5 Å². The molecule has 2 aromatic carbocycles. The first kappa shape index (κ1) is 15.2. The Kier molecular flexibility index (Phi) is 3.57. The maximum absolute atomic E-state index is 14.1. The molecule has 0 spiro atoms. The molecule has 122 valence electrons. The van der Waals surface area contributed by atoms with Gasteiger partial charge in [-0.15, -0.1) is 0 Å². The highest BCUT2D eigenvalue weighted by Crippen LogP contribution is 2.36. The Hall–Kier alpha value is -2.34. The number of fused-ring (bicyclic) bond motifs is 1. The molecule has 1 aromatic heterocycles. The Morgan fingerprint density at radius 1 is 1.33 bits per heavy atom. The third kappa shape index (κ3) is 2.67. The second kappa shape index (κ2) is 5.63. The number of alkyl halides is 1. The van der Waals surface area contributed by atoms with E-state index in [0.29, 0.717) is 10.7 Å². The van der Waals surface area contributed by atoms with Crippen molar-refractivity contribution in [1.29, 1.82) is 0 Å². The molecule has 6 heteroatoms. The minimum Gasteiger partial charge on any atom is -0.302 e. The molecule has 0 aliphatic heterocycles. The van der Waals surface area contributed by atoms with Gasteiger partial charge in [-0.05, 0) is 42.7 Å². The summed E-state index contributed by atoms with van der Waals surface area (Å²) in [6.07, 6.45) is -0.747. The molecule has 1 amide bonds. The molecule has 1 heterocycles. The average Bonchev–Trinajstić information content (AvgIpc) is 3.13. The molecule has 1 aliphatic carbocycles. The third-order valence-corrected chi connectivity index (χ3v) is 5.11. The molecular formula is C18H14F2N2OS. The van der Waals surface area contributed by atoms with Gasteiger partial charge in [-0.1, -0.05) is 29.5 Å². The minimum atomic E-state index is -1.03. The van der Waals surface area contributed by atoms with Crippen LogP contribution in [-0.4, -0.2) is 17.1 Å². The summed E-state index contributed by atoms with van der Waals surface area (Å²) in [6.45, 7) is 1.87. The number of nitrogens with zero attached hydrogens (tertiary/aromatic N) is 1. The van der Waals surface area contributed by atoms with Crippen LogP contribution in [0.3, 0.4) is 0 Å². The fourth-order valence-corrected chi connectivity index (χ4v) is 3.67. The number of carbonyl (C=O) groups excluding carboxylic acids is 1. The summed E-state index contributed by atoms with van der Waals surface area (Å²) in [4.78, 5) is 16.1. The molecule has 2 atom stereocenters. The Labute approximate surface area is 141 Å². The van der Waals surface area contributed by atoms with E-state index in [1.807, 2.05) is 25.1 Å². The topological polar surface area (TPSA) is 42.0 Å². The monoisotopic (exact) mass is 344 g/mol. The first-order valence-electron chi connectivity index (χ1n) is 7.64. The van der Waals surface area contributed by atoms with Crippen LogP contribution < -0.4 is 5.32 Å². The van der Waals surface area contributed by atoms with Crippen LogP contribution in [0.4, 0.5) is 13.9 Å². The summed E-state index contributed by atoms with van der Waals surface area (Å²) in [5, 5.41) is 3.10. The van der Waals surface area contributed by atoms with Crippen LogP contribution in [0.1, 0.15) is 12.0 Å². The zero-order valence-corrected chi connectivity index (χ0v) is 13.7. The molecule has 0 saturated heterocycles. The summed E-state index contributed by atoms with van der Waals surface area (Å²) >= 11 is 1.30. The fourth-order valence-electron chi connectivity index (χ4n) is 2.76. The molecule has 1 saturated carbocycles. The lowest BCUT2D eigenvalue weighted by atomic mass is 10.00. The van der Waals surface area contributed by atoms with Crippen LogP contribution >= 0.6 is 11.3 Å². The van der Waals surface area contributed by atoms with Crippen molar-refractivity contribution in [2.75, 3.05) is 5.32 Å². The lowest BCUT2D eigenvalue weighted by molar-refractivity contribution is -0.117. The zero-order chi connectivity index (χ0) is 16.8. The van der Waals surface area contributed by atoms with E-state index < -0.39 is 12.1 Å². The maximum atomic E-state index is 14.1. The van der Waals surface area contributed by atoms with Gasteiger partial charge in [0.05, 0.1) is 16.1 Å². The van der Waals surface area contributed by atoms with E-state index in [0.717, 1.165) is 21.3 Å². The van der Waals surface area contributed by atoms with Crippen LogP contribution in [0.25, 0.3) is 21.3 Å². The van der Waals surface area contributed by atoms with Gasteiger partial charge in [0.1, 0.15) is 12.0 Å². The van der Waals surface area contributed by atoms with E-state index in [1.165, 1.54) is 17.4 Å². The molecular weight excluding hydrogens is 330 g/mol. The second-order valence-electron chi connectivity index (χ2n) is 5.98. The zero-order valence-electron chi connectivity index (χ0n) is 12.8. The number of thiazole rings is 1. The van der Waals surface area contributed by atoms with E-state index in [-0.39, 0.29) is 18.1 Å². The normalized spacial score (nSPS) is 19.5. The van der Waals surface area contributed by atoms with Crippen molar-refractivity contribution in [3.8, 4) is 11.1 Å². The summed E-state index contributed by atoms with van der Waals surface area (Å²) in [5.41, 5.74) is 2.91. The highest BCUT2D eigenvalue weighted by molar-refractivity contribution is 7.22. The lowest BCUT2D eigenvalue weighted by Gasteiger charge is -2.07. The number of hydrogen-bond acceptors (Lipinski definition) is 3. The summed E-state index contributed by atoms with van der Waals surface area (Å²) in [6, 6.07) is 10.5. The van der Waals surface area contributed by atoms with E-state index in [2.05, 4.69) is 10.3 Å². The van der Waals surface area contributed by atoms with Gasteiger partial charge in [0, 0.05) is 5.56 Å². The summed E-state index contributed by atoms with van der Waals surface area (Å²) in [5.74, 6) is -1.14. The highest BCUT2D eigenvalue weighted by atomic mass is 32.1. The number of aromatic nitrogens is 1. The van der Waals surface area contributed by atoms with Crippen molar-refractivity contribution in [2.24, 2.45) is 5.92 Å². The molecule has 1 aliphatic rings. The molecule has 3 aromatic rings. The van der Waals surface area contributed by atoms with Crippen LogP contribution in [0.15, 0.2) is 36.4 Å². The quantitative estimate of drug-likeness (QED) is 0.748. The highest BCUT2D eigenvalue weighted by Gasteiger charge is 2.43. The molecule has 1 N–H and O–H groups in total.